The molecule has 0 N–H and O–H groups in total. The van der Waals surface area contributed by atoms with Crippen LogP contribution in [0.2, 0.25) is 0 Å². The number of fused-ring (bicyclic) bond motifs is 1. The average Bonchev–Trinajstić information content (AvgIpc) is 3.25. The molecule has 4 aromatic rings. The normalized spacial score (nSPS) is 11.2. The van der Waals surface area contributed by atoms with Gasteiger partial charge in [-0.1, -0.05) is 35.5 Å². The number of aryl methyl sites for hydroxylation is 1. The Hall–Kier alpha value is -3.36. The van der Waals surface area contributed by atoms with Gasteiger partial charge >= 0.3 is 0 Å². The second kappa shape index (κ2) is 5.69. The van der Waals surface area contributed by atoms with Gasteiger partial charge in [0.15, 0.2) is 17.0 Å². The highest BCUT2D eigenvalue weighted by atomic mass is 16.5. The number of aromatic nitrogens is 7. The van der Waals surface area contributed by atoms with Crippen LogP contribution in [-0.2, 0) is 13.0 Å². The maximum absolute atomic E-state index is 12.6. The van der Waals surface area contributed by atoms with Crippen molar-refractivity contribution >= 4 is 11.2 Å². The zero-order valence-corrected chi connectivity index (χ0v) is 12.8. The molecule has 9 heteroatoms. The average molecular weight is 323 g/mol. The van der Waals surface area contributed by atoms with Gasteiger partial charge in [-0.25, -0.2) is 4.98 Å². The van der Waals surface area contributed by atoms with Crippen LogP contribution >= 0.6 is 0 Å². The van der Waals surface area contributed by atoms with Gasteiger partial charge in [-0.2, -0.15) is 9.67 Å². The highest BCUT2D eigenvalue weighted by molar-refractivity contribution is 5.70. The van der Waals surface area contributed by atoms with Crippen LogP contribution in [0.1, 0.15) is 18.6 Å². The van der Waals surface area contributed by atoms with Crippen LogP contribution in [0, 0.1) is 0 Å². The first-order valence-electron chi connectivity index (χ1n) is 7.44. The van der Waals surface area contributed by atoms with Gasteiger partial charge in [0, 0.05) is 6.42 Å². The number of para-hydroxylation sites is 1. The molecule has 0 atom stereocenters. The Balaban J connectivity index is 1.75. The Morgan fingerprint density at radius 3 is 2.79 bits per heavy atom. The third-order valence-electron chi connectivity index (χ3n) is 3.55. The molecule has 4 rings (SSSR count). The van der Waals surface area contributed by atoms with E-state index in [1.54, 1.807) is 0 Å². The minimum atomic E-state index is -0.301. The Bertz CT molecular complexity index is 1050. The van der Waals surface area contributed by atoms with E-state index in [0.717, 1.165) is 5.69 Å². The van der Waals surface area contributed by atoms with E-state index in [1.165, 1.54) is 15.6 Å². The summed E-state index contributed by atoms with van der Waals surface area (Å²) in [5.74, 6) is 0.952. The molecule has 0 spiro atoms. The first-order valence-corrected chi connectivity index (χ1v) is 7.44. The van der Waals surface area contributed by atoms with E-state index in [9.17, 15) is 4.79 Å². The number of hydrogen-bond acceptors (Lipinski definition) is 7. The van der Waals surface area contributed by atoms with Gasteiger partial charge in [-0.3, -0.25) is 9.36 Å². The highest BCUT2D eigenvalue weighted by Crippen LogP contribution is 2.11. The summed E-state index contributed by atoms with van der Waals surface area (Å²) in [4.78, 5) is 21.1. The standard InChI is InChI=1S/C15H13N7O2/c1-2-12-17-11(19-24-12)8-21-9-16-14-13(15(21)23)18-20-22(14)10-6-4-3-5-7-10/h3-7,9H,2,8H2,1H3. The van der Waals surface area contributed by atoms with Crippen molar-refractivity contribution in [2.24, 2.45) is 0 Å². The van der Waals surface area contributed by atoms with E-state index in [2.05, 4.69) is 25.4 Å². The molecule has 0 unspecified atom stereocenters. The molecule has 0 aliphatic rings. The van der Waals surface area contributed by atoms with Crippen molar-refractivity contribution in [3.8, 4) is 5.69 Å². The monoisotopic (exact) mass is 323 g/mol. The van der Waals surface area contributed by atoms with Crippen LogP contribution in [0.15, 0.2) is 46.0 Å². The fourth-order valence-corrected chi connectivity index (χ4v) is 2.35. The third kappa shape index (κ3) is 2.35. The van der Waals surface area contributed by atoms with Crippen molar-refractivity contribution in [2.75, 3.05) is 0 Å². The van der Waals surface area contributed by atoms with Crippen molar-refractivity contribution in [1.29, 1.82) is 0 Å². The maximum atomic E-state index is 12.6. The largest absolute Gasteiger partial charge is 0.339 e. The maximum Gasteiger partial charge on any atom is 0.283 e. The zero-order valence-electron chi connectivity index (χ0n) is 12.8. The molecule has 120 valence electrons. The van der Waals surface area contributed by atoms with Crippen LogP contribution in [0.5, 0.6) is 0 Å². The third-order valence-corrected chi connectivity index (χ3v) is 3.55. The molecule has 9 nitrogen and oxygen atoms in total. The van der Waals surface area contributed by atoms with Gasteiger partial charge < -0.3 is 4.52 Å². The van der Waals surface area contributed by atoms with E-state index in [-0.39, 0.29) is 17.6 Å². The van der Waals surface area contributed by atoms with Gasteiger partial charge in [0.1, 0.15) is 6.33 Å². The molecule has 1 aromatic carbocycles. The molecule has 0 saturated heterocycles. The lowest BCUT2D eigenvalue weighted by Gasteiger charge is -2.02. The van der Waals surface area contributed by atoms with Gasteiger partial charge in [-0.15, -0.1) is 5.10 Å². The first-order chi connectivity index (χ1) is 11.8. The number of hydrogen-bond donors (Lipinski definition) is 0. The van der Waals surface area contributed by atoms with Gasteiger partial charge in [0.2, 0.25) is 5.89 Å². The fourth-order valence-electron chi connectivity index (χ4n) is 2.35. The van der Waals surface area contributed by atoms with Crippen molar-refractivity contribution in [1.82, 2.24) is 34.7 Å². The fraction of sp³-hybridized carbons (Fsp3) is 0.200. The summed E-state index contributed by atoms with van der Waals surface area (Å²) < 4.78 is 7.96. The Labute approximate surface area is 135 Å². The molecule has 0 bridgehead atoms. The van der Waals surface area contributed by atoms with E-state index < -0.39 is 0 Å². The van der Waals surface area contributed by atoms with Gasteiger partial charge in [0.05, 0.1) is 12.2 Å². The topological polar surface area (TPSA) is 105 Å². The summed E-state index contributed by atoms with van der Waals surface area (Å²) >= 11 is 0. The molecule has 3 aromatic heterocycles. The van der Waals surface area contributed by atoms with E-state index in [4.69, 9.17) is 4.52 Å². The predicted molar refractivity (Wildman–Crippen MR) is 83.7 cm³/mol. The summed E-state index contributed by atoms with van der Waals surface area (Å²) in [7, 11) is 0. The minimum absolute atomic E-state index is 0.170. The Kier molecular flexibility index (Phi) is 3.38. The van der Waals surface area contributed by atoms with Crippen molar-refractivity contribution in [3.63, 3.8) is 0 Å². The molecule has 24 heavy (non-hydrogen) atoms. The van der Waals surface area contributed by atoms with E-state index in [1.807, 2.05) is 37.3 Å². The summed E-state index contributed by atoms with van der Waals surface area (Å²) in [6.45, 7) is 2.09. The van der Waals surface area contributed by atoms with Crippen molar-refractivity contribution in [3.05, 3.63) is 58.7 Å². The van der Waals surface area contributed by atoms with Crippen LogP contribution in [-0.4, -0.2) is 34.7 Å². The van der Waals surface area contributed by atoms with Crippen molar-refractivity contribution < 1.29 is 4.52 Å². The molecular weight excluding hydrogens is 310 g/mol. The SMILES string of the molecule is CCc1nc(Cn2cnc3c(nnn3-c3ccccc3)c2=O)no1. The van der Waals surface area contributed by atoms with Crippen LogP contribution in [0.4, 0.5) is 0 Å². The van der Waals surface area contributed by atoms with E-state index >= 15 is 0 Å². The quantitative estimate of drug-likeness (QED) is 0.551. The molecule has 0 radical (unpaired) electrons. The molecule has 0 aliphatic heterocycles. The van der Waals surface area contributed by atoms with Crippen LogP contribution in [0.3, 0.4) is 0 Å². The predicted octanol–water partition coefficient (Wildman–Crippen LogP) is 0.971. The van der Waals surface area contributed by atoms with Gasteiger partial charge in [0.25, 0.3) is 5.56 Å². The summed E-state index contributed by atoms with van der Waals surface area (Å²) in [6, 6.07) is 9.40. The number of rotatable bonds is 4. The summed E-state index contributed by atoms with van der Waals surface area (Å²) in [6.07, 6.45) is 2.08. The summed E-state index contributed by atoms with van der Waals surface area (Å²) in [5, 5.41) is 11.8. The molecule has 0 saturated carbocycles. The first kappa shape index (κ1) is 14.2. The van der Waals surface area contributed by atoms with Crippen LogP contribution < -0.4 is 5.56 Å². The molecule has 0 fully saturated rings. The summed E-state index contributed by atoms with van der Waals surface area (Å²) in [5.41, 5.74) is 1.09. The van der Waals surface area contributed by atoms with E-state index in [0.29, 0.717) is 23.8 Å². The second-order valence-electron chi connectivity index (χ2n) is 5.14. The molecule has 0 aliphatic carbocycles. The lowest BCUT2D eigenvalue weighted by Crippen LogP contribution is -2.22. The molecule has 0 amide bonds. The van der Waals surface area contributed by atoms with Crippen molar-refractivity contribution in [2.45, 2.75) is 19.9 Å². The lowest BCUT2D eigenvalue weighted by molar-refractivity contribution is 0.375. The highest BCUT2D eigenvalue weighted by Gasteiger charge is 2.14. The number of benzene rings is 1. The van der Waals surface area contributed by atoms with Crippen LogP contribution in [0.25, 0.3) is 16.9 Å². The van der Waals surface area contributed by atoms with Gasteiger partial charge in [-0.05, 0) is 12.1 Å². The molecular formula is C15H13N7O2. The number of nitrogens with zero attached hydrogens (tertiary/aromatic N) is 7. The molecule has 3 heterocycles. The lowest BCUT2D eigenvalue weighted by atomic mass is 10.3. The second-order valence-corrected chi connectivity index (χ2v) is 5.14. The Morgan fingerprint density at radius 2 is 2.04 bits per heavy atom. The smallest absolute Gasteiger partial charge is 0.283 e. The zero-order chi connectivity index (χ0) is 16.5. The minimum Gasteiger partial charge on any atom is -0.339 e. The Morgan fingerprint density at radius 1 is 1.21 bits per heavy atom.